The largest absolute Gasteiger partial charge is 0.390 e. The summed E-state index contributed by atoms with van der Waals surface area (Å²) in [6.07, 6.45) is 5.34. The van der Waals surface area contributed by atoms with Gasteiger partial charge in [-0.25, -0.2) is 13.1 Å². The molecule has 1 aliphatic heterocycles. The minimum Gasteiger partial charge on any atom is -0.390 e. The van der Waals surface area contributed by atoms with Crippen molar-refractivity contribution in [3.63, 3.8) is 0 Å². The van der Waals surface area contributed by atoms with Crippen LogP contribution in [0.2, 0.25) is 0 Å². The van der Waals surface area contributed by atoms with Gasteiger partial charge in [0.15, 0.2) is 0 Å². The van der Waals surface area contributed by atoms with E-state index in [2.05, 4.69) is 4.72 Å². The lowest BCUT2D eigenvalue weighted by Crippen LogP contribution is -2.51. The number of hydrogen-bond acceptors (Lipinski definition) is 4. The number of aromatic nitrogens is 1. The van der Waals surface area contributed by atoms with Crippen LogP contribution in [0.1, 0.15) is 44.3 Å². The van der Waals surface area contributed by atoms with Gasteiger partial charge in [-0.1, -0.05) is 0 Å². The van der Waals surface area contributed by atoms with Crippen molar-refractivity contribution >= 4 is 10.0 Å². The minimum absolute atomic E-state index is 0.146. The summed E-state index contributed by atoms with van der Waals surface area (Å²) in [5.41, 5.74) is 0.0981. The van der Waals surface area contributed by atoms with Crippen molar-refractivity contribution in [3.8, 4) is 0 Å². The lowest BCUT2D eigenvalue weighted by molar-refractivity contribution is 0.0386. The van der Waals surface area contributed by atoms with E-state index in [0.717, 1.165) is 25.7 Å². The van der Waals surface area contributed by atoms with Crippen molar-refractivity contribution in [1.82, 2.24) is 9.29 Å². The molecule has 1 aliphatic carbocycles. The van der Waals surface area contributed by atoms with E-state index in [1.807, 2.05) is 11.5 Å². The Bertz CT molecular complexity index is 613. The highest BCUT2D eigenvalue weighted by atomic mass is 32.2. The third kappa shape index (κ3) is 3.15. The van der Waals surface area contributed by atoms with Crippen LogP contribution >= 0.6 is 0 Å². The van der Waals surface area contributed by atoms with Gasteiger partial charge in [0.05, 0.1) is 18.8 Å². The van der Waals surface area contributed by atoms with Crippen molar-refractivity contribution in [2.24, 2.45) is 0 Å². The maximum atomic E-state index is 12.6. The van der Waals surface area contributed by atoms with Crippen LogP contribution in [-0.4, -0.2) is 36.8 Å². The molecule has 0 spiro atoms. The smallest absolute Gasteiger partial charge is 0.242 e. The maximum Gasteiger partial charge on any atom is 0.242 e. The summed E-state index contributed by atoms with van der Waals surface area (Å²) in [6, 6.07) is 1.90. The number of aliphatic hydroxyl groups excluding tert-OH is 1. The van der Waals surface area contributed by atoms with Crippen LogP contribution in [0.25, 0.3) is 0 Å². The summed E-state index contributed by atoms with van der Waals surface area (Å²) in [7, 11) is -3.60. The fraction of sp³-hybridized carbons (Fsp3) is 0.714. The highest BCUT2D eigenvalue weighted by Crippen LogP contribution is 2.37. The first-order chi connectivity index (χ1) is 9.93. The molecule has 1 unspecified atom stereocenters. The predicted molar refractivity (Wildman–Crippen MR) is 77.4 cm³/mol. The SMILES string of the molecule is CC1(NS(=O)(=O)c2cc(CO)n(C3CC3)c2)CCCOC1. The summed E-state index contributed by atoms with van der Waals surface area (Å²) >= 11 is 0. The fourth-order valence-electron chi connectivity index (χ4n) is 2.86. The number of rotatable bonds is 5. The van der Waals surface area contributed by atoms with Gasteiger partial charge >= 0.3 is 0 Å². The molecule has 2 fully saturated rings. The van der Waals surface area contributed by atoms with Gasteiger partial charge in [0, 0.05) is 24.5 Å². The van der Waals surface area contributed by atoms with E-state index in [1.54, 1.807) is 12.3 Å². The van der Waals surface area contributed by atoms with Crippen LogP contribution < -0.4 is 4.72 Å². The topological polar surface area (TPSA) is 80.6 Å². The van der Waals surface area contributed by atoms with E-state index in [9.17, 15) is 13.5 Å². The van der Waals surface area contributed by atoms with E-state index in [-0.39, 0.29) is 11.5 Å². The average molecular weight is 314 g/mol. The second kappa shape index (κ2) is 5.39. The molecule has 2 heterocycles. The summed E-state index contributed by atoms with van der Waals surface area (Å²) in [4.78, 5) is 0.227. The van der Waals surface area contributed by atoms with Crippen LogP contribution in [0.15, 0.2) is 17.2 Å². The standard InChI is InChI=1S/C14H22N2O4S/c1-14(5-2-6-20-10-14)15-21(18,19)13-7-12(9-17)16(8-13)11-3-4-11/h7-8,11,15,17H,2-6,9-10H2,1H3. The van der Waals surface area contributed by atoms with Crippen LogP contribution in [0.4, 0.5) is 0 Å². The molecule has 21 heavy (non-hydrogen) atoms. The molecule has 1 atom stereocenters. The quantitative estimate of drug-likeness (QED) is 0.855. The van der Waals surface area contributed by atoms with Gasteiger partial charge in [-0.15, -0.1) is 0 Å². The molecule has 1 aromatic heterocycles. The van der Waals surface area contributed by atoms with Crippen molar-refractivity contribution in [3.05, 3.63) is 18.0 Å². The Labute approximate surface area is 125 Å². The van der Waals surface area contributed by atoms with Crippen molar-refractivity contribution in [2.45, 2.75) is 55.7 Å². The van der Waals surface area contributed by atoms with Gasteiger partial charge in [0.2, 0.25) is 10.0 Å². The van der Waals surface area contributed by atoms with Gasteiger partial charge < -0.3 is 14.4 Å². The number of ether oxygens (including phenoxy) is 1. The molecule has 0 bridgehead atoms. The normalized spacial score (nSPS) is 27.0. The van der Waals surface area contributed by atoms with Crippen molar-refractivity contribution in [1.29, 1.82) is 0 Å². The Morgan fingerprint density at radius 2 is 2.29 bits per heavy atom. The monoisotopic (exact) mass is 314 g/mol. The fourth-order valence-corrected chi connectivity index (χ4v) is 4.33. The van der Waals surface area contributed by atoms with Gasteiger partial charge in [0.1, 0.15) is 4.90 Å². The zero-order chi connectivity index (χ0) is 15.1. The molecule has 1 saturated heterocycles. The van der Waals surface area contributed by atoms with E-state index in [4.69, 9.17) is 4.74 Å². The average Bonchev–Trinajstić information content (AvgIpc) is 3.17. The zero-order valence-corrected chi connectivity index (χ0v) is 13.0. The molecular weight excluding hydrogens is 292 g/mol. The minimum atomic E-state index is -3.60. The molecule has 7 heteroatoms. The lowest BCUT2D eigenvalue weighted by atomic mass is 9.97. The van der Waals surface area contributed by atoms with Gasteiger partial charge in [-0.3, -0.25) is 0 Å². The zero-order valence-electron chi connectivity index (χ0n) is 12.2. The summed E-state index contributed by atoms with van der Waals surface area (Å²) in [5, 5.41) is 9.39. The molecule has 3 rings (SSSR count). The molecular formula is C14H22N2O4S. The molecule has 0 aromatic carbocycles. The third-order valence-corrected chi connectivity index (χ3v) is 5.74. The number of nitrogens with zero attached hydrogens (tertiary/aromatic N) is 1. The van der Waals surface area contributed by atoms with E-state index in [1.165, 1.54) is 0 Å². The van der Waals surface area contributed by atoms with E-state index < -0.39 is 15.6 Å². The number of hydrogen-bond donors (Lipinski definition) is 2. The first-order valence-corrected chi connectivity index (χ1v) is 8.85. The van der Waals surface area contributed by atoms with Crippen LogP contribution in [0, 0.1) is 0 Å². The molecule has 0 radical (unpaired) electrons. The Kier molecular flexibility index (Phi) is 3.85. The maximum absolute atomic E-state index is 12.6. The van der Waals surface area contributed by atoms with Gasteiger partial charge in [0.25, 0.3) is 0 Å². The lowest BCUT2D eigenvalue weighted by Gasteiger charge is -2.33. The number of sulfonamides is 1. The highest BCUT2D eigenvalue weighted by molar-refractivity contribution is 7.89. The Morgan fingerprint density at radius 3 is 2.86 bits per heavy atom. The Balaban J connectivity index is 1.84. The van der Waals surface area contributed by atoms with Gasteiger partial charge in [-0.05, 0) is 38.7 Å². The van der Waals surface area contributed by atoms with Crippen LogP contribution in [-0.2, 0) is 21.4 Å². The first kappa shape index (κ1) is 15.0. The van der Waals surface area contributed by atoms with E-state index >= 15 is 0 Å². The summed E-state index contributed by atoms with van der Waals surface area (Å²) in [6.45, 7) is 2.80. The molecule has 0 amide bonds. The molecule has 6 nitrogen and oxygen atoms in total. The summed E-state index contributed by atoms with van der Waals surface area (Å²) < 4.78 is 35.2. The molecule has 2 N–H and O–H groups in total. The summed E-state index contributed by atoms with van der Waals surface area (Å²) in [5.74, 6) is 0. The Hall–Kier alpha value is -0.890. The highest BCUT2D eigenvalue weighted by Gasteiger charge is 2.34. The van der Waals surface area contributed by atoms with Gasteiger partial charge in [-0.2, -0.15) is 0 Å². The van der Waals surface area contributed by atoms with Crippen molar-refractivity contribution in [2.75, 3.05) is 13.2 Å². The Morgan fingerprint density at radius 1 is 1.52 bits per heavy atom. The van der Waals surface area contributed by atoms with Crippen LogP contribution in [0.5, 0.6) is 0 Å². The second-order valence-electron chi connectivity index (χ2n) is 6.29. The second-order valence-corrected chi connectivity index (χ2v) is 7.97. The third-order valence-electron chi connectivity index (χ3n) is 4.14. The molecule has 118 valence electrons. The van der Waals surface area contributed by atoms with Crippen molar-refractivity contribution < 1.29 is 18.3 Å². The molecule has 2 aliphatic rings. The molecule has 1 aromatic rings. The van der Waals surface area contributed by atoms with Crippen LogP contribution in [0.3, 0.4) is 0 Å². The first-order valence-electron chi connectivity index (χ1n) is 7.37. The number of nitrogens with one attached hydrogen (secondary N) is 1. The number of aliphatic hydroxyl groups is 1. The van der Waals surface area contributed by atoms with E-state index in [0.29, 0.717) is 24.9 Å². The predicted octanol–water partition coefficient (Wildman–Crippen LogP) is 1.16. The molecule has 1 saturated carbocycles.